The highest BCUT2D eigenvalue weighted by Gasteiger charge is 2.22. The lowest BCUT2D eigenvalue weighted by molar-refractivity contribution is -0.118. The van der Waals surface area contributed by atoms with Crippen LogP contribution in [0, 0.1) is 4.77 Å². The van der Waals surface area contributed by atoms with E-state index in [9.17, 15) is 4.79 Å². The van der Waals surface area contributed by atoms with Crippen molar-refractivity contribution in [3.8, 4) is 10.7 Å². The fraction of sp³-hybridized carbons (Fsp3) is 0.333. The van der Waals surface area contributed by atoms with Gasteiger partial charge in [-0.1, -0.05) is 6.07 Å². The molecule has 1 amide bonds. The highest BCUT2D eigenvalue weighted by Crippen LogP contribution is 2.26. The Labute approximate surface area is 171 Å². The van der Waals surface area contributed by atoms with E-state index in [4.69, 9.17) is 17.0 Å². The summed E-state index contributed by atoms with van der Waals surface area (Å²) in [6.07, 6.45) is 1.77. The highest BCUT2D eigenvalue weighted by molar-refractivity contribution is 7.71. The van der Waals surface area contributed by atoms with Crippen LogP contribution >= 0.6 is 23.6 Å². The van der Waals surface area contributed by atoms with Gasteiger partial charge in [-0.3, -0.25) is 14.5 Å². The van der Waals surface area contributed by atoms with Crippen LogP contribution in [0.25, 0.3) is 10.7 Å². The molecule has 146 valence electrons. The van der Waals surface area contributed by atoms with Crippen LogP contribution in [0.2, 0.25) is 0 Å². The monoisotopic (exact) mass is 416 g/mol. The maximum atomic E-state index is 12.8. The average Bonchev–Trinajstić information content (AvgIpc) is 3.38. The molecule has 1 aliphatic rings. The van der Waals surface area contributed by atoms with E-state index >= 15 is 0 Å². The molecule has 1 atom stereocenters. The molecule has 1 unspecified atom stereocenters. The summed E-state index contributed by atoms with van der Waals surface area (Å²) in [5.41, 5.74) is 1.02. The van der Waals surface area contributed by atoms with E-state index in [1.807, 2.05) is 29.6 Å². The van der Waals surface area contributed by atoms with Gasteiger partial charge in [-0.05, 0) is 42.7 Å². The fourth-order valence-corrected chi connectivity index (χ4v) is 4.06. The number of H-pyrrole nitrogens is 1. The Kier molecular flexibility index (Phi) is 5.51. The first-order valence-electron chi connectivity index (χ1n) is 8.94. The molecule has 4 rings (SSSR count). The molecule has 28 heavy (non-hydrogen) atoms. The number of hydrogen-bond donors (Lipinski definition) is 2. The van der Waals surface area contributed by atoms with E-state index in [0.717, 1.165) is 23.7 Å². The normalized spacial score (nSPS) is 15.4. The zero-order valence-electron chi connectivity index (χ0n) is 15.3. The number of amides is 1. The van der Waals surface area contributed by atoms with Crippen LogP contribution in [0.4, 0.5) is 11.5 Å². The quantitative estimate of drug-likeness (QED) is 0.622. The number of aromatic amines is 1. The predicted molar refractivity (Wildman–Crippen MR) is 111 cm³/mol. The second kappa shape index (κ2) is 8.21. The van der Waals surface area contributed by atoms with Gasteiger partial charge in [-0.15, -0.1) is 11.3 Å². The van der Waals surface area contributed by atoms with E-state index in [1.165, 1.54) is 0 Å². The van der Waals surface area contributed by atoms with Gasteiger partial charge in [0.1, 0.15) is 11.9 Å². The number of nitrogens with one attached hydrogen (secondary N) is 2. The zero-order valence-corrected chi connectivity index (χ0v) is 16.9. The van der Waals surface area contributed by atoms with Gasteiger partial charge in [0.15, 0.2) is 10.6 Å². The molecule has 0 radical (unpaired) electrons. The lowest BCUT2D eigenvalue weighted by Crippen LogP contribution is -2.36. The van der Waals surface area contributed by atoms with Crippen LogP contribution < -0.4 is 10.2 Å². The minimum Gasteiger partial charge on any atom is -0.378 e. The first-order valence-corrected chi connectivity index (χ1v) is 10.2. The van der Waals surface area contributed by atoms with Crippen LogP contribution in [0.15, 0.2) is 35.8 Å². The minimum atomic E-state index is -0.538. The standard InChI is InChI=1S/C18H20N6O2S2/c1-12(24-16(21-22-18(24)27)14-3-2-10-28-14)17(25)20-15-5-4-13(11-19-15)23-6-8-26-9-7-23/h2-5,10-12H,6-9H2,1H3,(H,22,27)(H,19,20,25). The topological polar surface area (TPSA) is 88.1 Å². The van der Waals surface area contributed by atoms with Crippen molar-refractivity contribution in [3.05, 3.63) is 40.6 Å². The SMILES string of the molecule is CC(C(=O)Nc1ccc(N2CCOCC2)cn1)n1c(-c2cccs2)n[nH]c1=S. The molecule has 0 bridgehead atoms. The molecule has 1 saturated heterocycles. The van der Waals surface area contributed by atoms with Crippen LogP contribution in [0.3, 0.4) is 0 Å². The van der Waals surface area contributed by atoms with Gasteiger partial charge in [0.05, 0.1) is 30.0 Å². The molecule has 0 aliphatic carbocycles. The molecule has 0 saturated carbocycles. The average molecular weight is 417 g/mol. The number of carbonyl (C=O) groups is 1. The summed E-state index contributed by atoms with van der Waals surface area (Å²) < 4.78 is 7.49. The molecule has 1 aliphatic heterocycles. The molecule has 4 heterocycles. The lowest BCUT2D eigenvalue weighted by Gasteiger charge is -2.28. The number of thiophene rings is 1. The number of nitrogens with zero attached hydrogens (tertiary/aromatic N) is 4. The minimum absolute atomic E-state index is 0.207. The molecule has 2 N–H and O–H groups in total. The zero-order chi connectivity index (χ0) is 19.5. The predicted octanol–water partition coefficient (Wildman–Crippen LogP) is 3.10. The number of pyridine rings is 1. The second-order valence-corrected chi connectivity index (χ2v) is 7.70. The number of carbonyl (C=O) groups excluding carboxylic acids is 1. The van der Waals surface area contributed by atoms with Crippen molar-refractivity contribution in [3.63, 3.8) is 0 Å². The van der Waals surface area contributed by atoms with E-state index in [1.54, 1.807) is 29.0 Å². The van der Waals surface area contributed by atoms with Crippen molar-refractivity contribution in [2.45, 2.75) is 13.0 Å². The summed E-state index contributed by atoms with van der Waals surface area (Å²) in [5, 5.41) is 11.9. The number of aromatic nitrogens is 4. The summed E-state index contributed by atoms with van der Waals surface area (Å²) in [6.45, 7) is 4.91. The fourth-order valence-electron chi connectivity index (χ4n) is 3.06. The maximum Gasteiger partial charge on any atom is 0.248 e. The first kappa shape index (κ1) is 18.8. The number of rotatable bonds is 5. The van der Waals surface area contributed by atoms with E-state index in [0.29, 0.717) is 29.6 Å². The smallest absolute Gasteiger partial charge is 0.248 e. The third-order valence-electron chi connectivity index (χ3n) is 4.59. The Hall–Kier alpha value is -2.56. The van der Waals surface area contributed by atoms with Crippen LogP contribution in [0.1, 0.15) is 13.0 Å². The van der Waals surface area contributed by atoms with Gasteiger partial charge >= 0.3 is 0 Å². The molecule has 8 nitrogen and oxygen atoms in total. The van der Waals surface area contributed by atoms with Gasteiger partial charge in [0.25, 0.3) is 0 Å². The van der Waals surface area contributed by atoms with Crippen LogP contribution in [-0.2, 0) is 9.53 Å². The van der Waals surface area contributed by atoms with Gasteiger partial charge in [0, 0.05) is 13.1 Å². The van der Waals surface area contributed by atoms with Crippen molar-refractivity contribution >= 4 is 41.0 Å². The molecule has 3 aromatic heterocycles. The second-order valence-electron chi connectivity index (χ2n) is 6.37. The molecular weight excluding hydrogens is 396 g/mol. The molecule has 1 fully saturated rings. The number of hydrogen-bond acceptors (Lipinski definition) is 7. The van der Waals surface area contributed by atoms with Crippen molar-refractivity contribution in [2.24, 2.45) is 0 Å². The summed E-state index contributed by atoms with van der Waals surface area (Å²) in [5.74, 6) is 0.946. The van der Waals surface area contributed by atoms with E-state index in [2.05, 4.69) is 25.4 Å². The molecule has 0 aromatic carbocycles. The van der Waals surface area contributed by atoms with Gasteiger partial charge in [-0.2, -0.15) is 5.10 Å². The maximum absolute atomic E-state index is 12.8. The Morgan fingerprint density at radius 1 is 1.36 bits per heavy atom. The first-order chi connectivity index (χ1) is 13.6. The van der Waals surface area contributed by atoms with Gasteiger partial charge in [-0.25, -0.2) is 4.98 Å². The summed E-state index contributed by atoms with van der Waals surface area (Å²) in [4.78, 5) is 20.3. The lowest BCUT2D eigenvalue weighted by atomic mass is 10.3. The van der Waals surface area contributed by atoms with E-state index < -0.39 is 6.04 Å². The van der Waals surface area contributed by atoms with E-state index in [-0.39, 0.29) is 5.91 Å². The Morgan fingerprint density at radius 3 is 2.86 bits per heavy atom. The van der Waals surface area contributed by atoms with Crippen molar-refractivity contribution in [1.29, 1.82) is 0 Å². The highest BCUT2D eigenvalue weighted by atomic mass is 32.1. The van der Waals surface area contributed by atoms with Crippen molar-refractivity contribution in [1.82, 2.24) is 19.7 Å². The molecule has 3 aromatic rings. The molecular formula is C18H20N6O2S2. The number of morpholine rings is 1. The molecule has 10 heteroatoms. The molecule has 0 spiro atoms. The summed E-state index contributed by atoms with van der Waals surface area (Å²) in [6, 6.07) is 7.11. The van der Waals surface area contributed by atoms with Crippen LogP contribution in [-0.4, -0.2) is 52.0 Å². The largest absolute Gasteiger partial charge is 0.378 e. The van der Waals surface area contributed by atoms with Gasteiger partial charge < -0.3 is 15.0 Å². The summed E-state index contributed by atoms with van der Waals surface area (Å²) >= 11 is 6.88. The van der Waals surface area contributed by atoms with Crippen molar-refractivity contribution < 1.29 is 9.53 Å². The Bertz CT molecular complexity index is 990. The van der Waals surface area contributed by atoms with Crippen molar-refractivity contribution in [2.75, 3.05) is 36.5 Å². The number of anilines is 2. The number of ether oxygens (including phenoxy) is 1. The Morgan fingerprint density at radius 2 is 2.18 bits per heavy atom. The van der Waals surface area contributed by atoms with Crippen LogP contribution in [0.5, 0.6) is 0 Å². The summed E-state index contributed by atoms with van der Waals surface area (Å²) in [7, 11) is 0. The van der Waals surface area contributed by atoms with Gasteiger partial charge in [0.2, 0.25) is 5.91 Å². The Balaban J connectivity index is 1.48. The third kappa shape index (κ3) is 3.84. The third-order valence-corrected chi connectivity index (χ3v) is 5.74.